The highest BCUT2D eigenvalue weighted by atomic mass is 79.9. The zero-order valence-electron chi connectivity index (χ0n) is 9.53. The number of rotatable bonds is 5. The molecule has 1 aromatic rings. The summed E-state index contributed by atoms with van der Waals surface area (Å²) in [5, 5.41) is 11.6. The molecule has 4 nitrogen and oxygen atoms in total. The normalized spacial score (nSPS) is 12.5. The molecule has 5 heteroatoms. The van der Waals surface area contributed by atoms with Crippen molar-refractivity contribution < 1.29 is 9.90 Å². The maximum absolute atomic E-state index is 11.8. The number of carbonyl (C=O) groups is 1. The van der Waals surface area contributed by atoms with Gasteiger partial charge in [0.2, 0.25) is 0 Å². The molecule has 0 aliphatic heterocycles. The molecule has 1 aromatic heterocycles. The number of carbonyl (C=O) groups excluding carboxylic acids is 1. The van der Waals surface area contributed by atoms with Gasteiger partial charge in [-0.25, -0.2) is 0 Å². The Morgan fingerprint density at radius 3 is 2.88 bits per heavy atom. The molecule has 0 fully saturated rings. The summed E-state index contributed by atoms with van der Waals surface area (Å²) in [6, 6.07) is 1.78. The van der Waals surface area contributed by atoms with Crippen LogP contribution in [0.3, 0.4) is 0 Å². The van der Waals surface area contributed by atoms with Crippen molar-refractivity contribution in [3.8, 4) is 0 Å². The van der Waals surface area contributed by atoms with E-state index in [1.807, 2.05) is 20.2 Å². The standard InChI is InChI=1S/C11H17BrN2O2/c1-8(3-4-15)6-13-11(16)10-5-9(12)7-14(10)2/h5,7-8,15H,3-4,6H2,1-2H3,(H,13,16). The number of hydrogen-bond acceptors (Lipinski definition) is 2. The fourth-order valence-corrected chi connectivity index (χ4v) is 1.95. The molecule has 1 unspecified atom stereocenters. The summed E-state index contributed by atoms with van der Waals surface area (Å²) < 4.78 is 2.67. The van der Waals surface area contributed by atoms with Crippen LogP contribution in [-0.2, 0) is 7.05 Å². The van der Waals surface area contributed by atoms with E-state index in [0.717, 1.165) is 4.47 Å². The van der Waals surface area contributed by atoms with Gasteiger partial charge in [-0.1, -0.05) is 6.92 Å². The maximum atomic E-state index is 11.8. The lowest BCUT2D eigenvalue weighted by atomic mass is 10.1. The number of nitrogens with one attached hydrogen (secondary N) is 1. The average Bonchev–Trinajstić information content (AvgIpc) is 2.55. The minimum Gasteiger partial charge on any atom is -0.396 e. The van der Waals surface area contributed by atoms with Crippen LogP contribution in [0.1, 0.15) is 23.8 Å². The third-order valence-corrected chi connectivity index (χ3v) is 2.87. The Labute approximate surface area is 104 Å². The molecule has 0 saturated heterocycles. The maximum Gasteiger partial charge on any atom is 0.267 e. The molecule has 2 N–H and O–H groups in total. The number of halogens is 1. The summed E-state index contributed by atoms with van der Waals surface area (Å²) in [7, 11) is 1.83. The Balaban J connectivity index is 2.50. The van der Waals surface area contributed by atoms with Crippen LogP contribution >= 0.6 is 15.9 Å². The quantitative estimate of drug-likeness (QED) is 0.864. The number of aryl methyl sites for hydroxylation is 1. The van der Waals surface area contributed by atoms with E-state index in [4.69, 9.17) is 5.11 Å². The lowest BCUT2D eigenvalue weighted by molar-refractivity contribution is 0.0937. The van der Waals surface area contributed by atoms with E-state index in [0.29, 0.717) is 18.7 Å². The predicted octanol–water partition coefficient (Wildman–Crippen LogP) is 1.54. The molecule has 1 rings (SSSR count). The highest BCUT2D eigenvalue weighted by molar-refractivity contribution is 9.10. The van der Waals surface area contributed by atoms with Gasteiger partial charge >= 0.3 is 0 Å². The van der Waals surface area contributed by atoms with Gasteiger partial charge in [0.1, 0.15) is 5.69 Å². The second kappa shape index (κ2) is 6.06. The van der Waals surface area contributed by atoms with Gasteiger partial charge in [0.15, 0.2) is 0 Å². The Bertz CT molecular complexity index is 363. The lowest BCUT2D eigenvalue weighted by Gasteiger charge is -2.11. The highest BCUT2D eigenvalue weighted by Gasteiger charge is 2.11. The zero-order valence-corrected chi connectivity index (χ0v) is 11.1. The molecule has 0 bridgehead atoms. The topological polar surface area (TPSA) is 54.3 Å². The monoisotopic (exact) mass is 288 g/mol. The molecule has 0 aliphatic rings. The van der Waals surface area contributed by atoms with E-state index >= 15 is 0 Å². The van der Waals surface area contributed by atoms with Crippen molar-refractivity contribution in [1.82, 2.24) is 9.88 Å². The van der Waals surface area contributed by atoms with Crippen molar-refractivity contribution in [2.75, 3.05) is 13.2 Å². The Kier molecular flexibility index (Phi) is 5.02. The molecular formula is C11H17BrN2O2. The van der Waals surface area contributed by atoms with Gasteiger partial charge in [-0.05, 0) is 34.3 Å². The fourth-order valence-electron chi connectivity index (χ4n) is 1.43. The van der Waals surface area contributed by atoms with Crippen LogP contribution in [0.4, 0.5) is 0 Å². The predicted molar refractivity (Wildman–Crippen MR) is 66.3 cm³/mol. The summed E-state index contributed by atoms with van der Waals surface area (Å²) in [6.45, 7) is 2.74. The van der Waals surface area contributed by atoms with Crippen LogP contribution in [0.25, 0.3) is 0 Å². The second-order valence-electron chi connectivity index (χ2n) is 3.98. The minimum atomic E-state index is -0.0852. The van der Waals surface area contributed by atoms with Gasteiger partial charge in [0, 0.05) is 30.9 Å². The number of amides is 1. The van der Waals surface area contributed by atoms with Crippen molar-refractivity contribution in [2.45, 2.75) is 13.3 Å². The highest BCUT2D eigenvalue weighted by Crippen LogP contribution is 2.13. The Morgan fingerprint density at radius 1 is 1.69 bits per heavy atom. The minimum absolute atomic E-state index is 0.0852. The van der Waals surface area contributed by atoms with Crippen molar-refractivity contribution in [1.29, 1.82) is 0 Å². The summed E-state index contributed by atoms with van der Waals surface area (Å²) in [4.78, 5) is 11.8. The van der Waals surface area contributed by atoms with Gasteiger partial charge in [-0.2, -0.15) is 0 Å². The first kappa shape index (κ1) is 13.3. The fraction of sp³-hybridized carbons (Fsp3) is 0.545. The van der Waals surface area contributed by atoms with Gasteiger partial charge in [-0.3, -0.25) is 4.79 Å². The van der Waals surface area contributed by atoms with E-state index in [2.05, 4.69) is 21.2 Å². The number of nitrogens with zero attached hydrogens (tertiary/aromatic N) is 1. The number of aliphatic hydroxyl groups excluding tert-OH is 1. The summed E-state index contributed by atoms with van der Waals surface area (Å²) in [5.74, 6) is 0.204. The van der Waals surface area contributed by atoms with Crippen LogP contribution in [0, 0.1) is 5.92 Å². The molecule has 1 amide bonds. The largest absolute Gasteiger partial charge is 0.396 e. The van der Waals surface area contributed by atoms with E-state index in [1.54, 1.807) is 10.6 Å². The third kappa shape index (κ3) is 3.64. The summed E-state index contributed by atoms with van der Waals surface area (Å²) in [5.41, 5.74) is 0.628. The smallest absolute Gasteiger partial charge is 0.267 e. The van der Waals surface area contributed by atoms with E-state index in [-0.39, 0.29) is 18.4 Å². The van der Waals surface area contributed by atoms with Crippen molar-refractivity contribution in [3.05, 3.63) is 22.4 Å². The molecule has 90 valence electrons. The molecule has 0 aromatic carbocycles. The first-order valence-electron chi connectivity index (χ1n) is 5.25. The Morgan fingerprint density at radius 2 is 2.38 bits per heavy atom. The van der Waals surface area contributed by atoms with Gasteiger partial charge in [0.05, 0.1) is 0 Å². The Hall–Kier alpha value is -0.810. The van der Waals surface area contributed by atoms with Crippen LogP contribution in [-0.4, -0.2) is 28.7 Å². The molecule has 0 saturated carbocycles. The molecule has 1 heterocycles. The first-order chi connectivity index (χ1) is 7.54. The third-order valence-electron chi connectivity index (χ3n) is 2.44. The number of aliphatic hydroxyl groups is 1. The lowest BCUT2D eigenvalue weighted by Crippen LogP contribution is -2.29. The molecular weight excluding hydrogens is 272 g/mol. The molecule has 1 atom stereocenters. The van der Waals surface area contributed by atoms with Crippen molar-refractivity contribution >= 4 is 21.8 Å². The molecule has 0 spiro atoms. The molecule has 16 heavy (non-hydrogen) atoms. The van der Waals surface area contributed by atoms with Gasteiger partial charge in [0.25, 0.3) is 5.91 Å². The average molecular weight is 289 g/mol. The van der Waals surface area contributed by atoms with Crippen LogP contribution in [0.2, 0.25) is 0 Å². The zero-order chi connectivity index (χ0) is 12.1. The first-order valence-corrected chi connectivity index (χ1v) is 6.04. The van der Waals surface area contributed by atoms with Gasteiger partial charge < -0.3 is 15.0 Å². The number of aromatic nitrogens is 1. The van der Waals surface area contributed by atoms with E-state index < -0.39 is 0 Å². The summed E-state index contributed by atoms with van der Waals surface area (Å²) >= 11 is 3.32. The number of hydrogen-bond donors (Lipinski definition) is 2. The second-order valence-corrected chi connectivity index (χ2v) is 4.90. The summed E-state index contributed by atoms with van der Waals surface area (Å²) in [6.07, 6.45) is 2.54. The van der Waals surface area contributed by atoms with E-state index in [1.165, 1.54) is 0 Å². The van der Waals surface area contributed by atoms with Crippen molar-refractivity contribution in [3.63, 3.8) is 0 Å². The molecule has 0 aliphatic carbocycles. The van der Waals surface area contributed by atoms with Crippen LogP contribution in [0.15, 0.2) is 16.7 Å². The van der Waals surface area contributed by atoms with Crippen LogP contribution in [0.5, 0.6) is 0 Å². The van der Waals surface area contributed by atoms with Gasteiger partial charge in [-0.15, -0.1) is 0 Å². The van der Waals surface area contributed by atoms with Crippen molar-refractivity contribution in [2.24, 2.45) is 13.0 Å². The van der Waals surface area contributed by atoms with Crippen LogP contribution < -0.4 is 5.32 Å². The molecule has 0 radical (unpaired) electrons. The van der Waals surface area contributed by atoms with E-state index in [9.17, 15) is 4.79 Å². The SMILES string of the molecule is CC(CCO)CNC(=O)c1cc(Br)cn1C.